The van der Waals surface area contributed by atoms with Crippen LogP contribution < -0.4 is 4.74 Å². The minimum atomic E-state index is -0.0789. The molecule has 1 saturated heterocycles. The smallest absolute Gasteiger partial charge is 0.259 e. The van der Waals surface area contributed by atoms with Crippen molar-refractivity contribution >= 4 is 40.4 Å². The summed E-state index contributed by atoms with van der Waals surface area (Å²) < 4.78 is 5.55. The number of hydrazone groups is 1. The number of benzene rings is 1. The lowest BCUT2D eigenvalue weighted by atomic mass is 10.2. The van der Waals surface area contributed by atoms with Crippen molar-refractivity contribution in [3.63, 3.8) is 0 Å². The molecular weight excluding hydrogens is 256 g/mol. The van der Waals surface area contributed by atoms with Crippen LogP contribution in [0.5, 0.6) is 5.75 Å². The highest BCUT2D eigenvalue weighted by Crippen LogP contribution is 2.19. The van der Waals surface area contributed by atoms with Crippen LogP contribution in [0.2, 0.25) is 0 Å². The number of thiocarbonyl (C=S) groups is 1. The van der Waals surface area contributed by atoms with Gasteiger partial charge in [-0.3, -0.25) is 4.79 Å². The Kier molecular flexibility index (Phi) is 3.75. The Morgan fingerprint density at radius 2 is 2.18 bits per heavy atom. The minimum absolute atomic E-state index is 0.0789. The second-order valence-electron chi connectivity index (χ2n) is 3.28. The van der Waals surface area contributed by atoms with Gasteiger partial charge in [0.15, 0.2) is 4.32 Å². The average Bonchev–Trinajstić information content (AvgIpc) is 2.67. The molecule has 6 heteroatoms. The Hall–Kier alpha value is -1.40. The number of methoxy groups -OCH3 is 1. The fourth-order valence-corrected chi connectivity index (χ4v) is 2.24. The molecule has 0 N–H and O–H groups in total. The lowest BCUT2D eigenvalue weighted by Gasteiger charge is -2.06. The fraction of sp³-hybridized carbons (Fsp3) is 0.182. The van der Waals surface area contributed by atoms with Crippen molar-refractivity contribution in [3.05, 3.63) is 29.8 Å². The van der Waals surface area contributed by atoms with Gasteiger partial charge < -0.3 is 4.74 Å². The van der Waals surface area contributed by atoms with Gasteiger partial charge in [-0.05, 0) is 29.8 Å². The number of carbonyl (C=O) groups is 1. The molecule has 4 nitrogen and oxygen atoms in total. The predicted molar refractivity (Wildman–Crippen MR) is 72.5 cm³/mol. The molecular formula is C11H10N2O2S2. The van der Waals surface area contributed by atoms with Gasteiger partial charge in [-0.1, -0.05) is 24.0 Å². The first-order valence-corrected chi connectivity index (χ1v) is 6.28. The lowest BCUT2D eigenvalue weighted by molar-refractivity contribution is -0.123. The maximum Gasteiger partial charge on any atom is 0.259 e. The predicted octanol–water partition coefficient (Wildman–Crippen LogP) is 1.89. The number of hydrogen-bond acceptors (Lipinski definition) is 5. The second kappa shape index (κ2) is 5.29. The van der Waals surface area contributed by atoms with Crippen LogP contribution in [0, 0.1) is 0 Å². The number of rotatable bonds is 3. The molecule has 1 aromatic carbocycles. The lowest BCUT2D eigenvalue weighted by Crippen LogP contribution is -2.22. The van der Waals surface area contributed by atoms with Crippen LogP contribution >= 0.6 is 24.0 Å². The monoisotopic (exact) mass is 266 g/mol. The van der Waals surface area contributed by atoms with Crippen LogP contribution in [0.15, 0.2) is 29.4 Å². The van der Waals surface area contributed by atoms with E-state index in [1.165, 1.54) is 16.8 Å². The summed E-state index contributed by atoms with van der Waals surface area (Å²) in [5.74, 6) is 1.08. The largest absolute Gasteiger partial charge is 0.497 e. The van der Waals surface area contributed by atoms with Crippen LogP contribution in [0.1, 0.15) is 5.56 Å². The average molecular weight is 266 g/mol. The van der Waals surface area contributed by atoms with E-state index < -0.39 is 0 Å². The van der Waals surface area contributed by atoms with E-state index >= 15 is 0 Å². The summed E-state index contributed by atoms with van der Waals surface area (Å²) in [7, 11) is 1.61. The van der Waals surface area contributed by atoms with Gasteiger partial charge in [0.25, 0.3) is 5.91 Å². The SMILES string of the molecule is COc1ccc(/C=N\N2C(=O)CSC2=S)cc1. The second-order valence-corrected chi connectivity index (χ2v) is 4.89. The quantitative estimate of drug-likeness (QED) is 0.619. The first-order valence-electron chi connectivity index (χ1n) is 4.88. The molecule has 1 amide bonds. The van der Waals surface area contributed by atoms with E-state index in [4.69, 9.17) is 17.0 Å². The van der Waals surface area contributed by atoms with Gasteiger partial charge in [-0.25, -0.2) is 0 Å². The van der Waals surface area contributed by atoms with Gasteiger partial charge in [0.1, 0.15) is 5.75 Å². The zero-order valence-electron chi connectivity index (χ0n) is 9.12. The first kappa shape index (κ1) is 12.1. The van der Waals surface area contributed by atoms with Crippen molar-refractivity contribution in [2.75, 3.05) is 12.9 Å². The van der Waals surface area contributed by atoms with Crippen LogP contribution in [0.25, 0.3) is 0 Å². The van der Waals surface area contributed by atoms with E-state index in [0.717, 1.165) is 11.3 Å². The van der Waals surface area contributed by atoms with Crippen LogP contribution in [-0.4, -0.2) is 34.3 Å². The number of hydrogen-bond donors (Lipinski definition) is 0. The number of ether oxygens (including phenoxy) is 1. The third kappa shape index (κ3) is 2.83. The Balaban J connectivity index is 2.09. The number of thioether (sulfide) groups is 1. The van der Waals surface area contributed by atoms with Crippen molar-refractivity contribution in [3.8, 4) is 5.75 Å². The summed E-state index contributed by atoms with van der Waals surface area (Å²) in [5, 5.41) is 5.32. The van der Waals surface area contributed by atoms with Crippen LogP contribution in [-0.2, 0) is 4.79 Å². The summed E-state index contributed by atoms with van der Waals surface area (Å²) in [6, 6.07) is 7.39. The van der Waals surface area contributed by atoms with Gasteiger partial charge in [-0.15, -0.1) is 0 Å². The Bertz CT molecular complexity index is 455. The highest BCUT2D eigenvalue weighted by atomic mass is 32.2. The molecule has 1 aliphatic rings. The molecule has 0 bridgehead atoms. The molecule has 0 unspecified atom stereocenters. The van der Waals surface area contributed by atoms with E-state index in [0.29, 0.717) is 10.1 Å². The Morgan fingerprint density at radius 1 is 1.47 bits per heavy atom. The molecule has 0 spiro atoms. The van der Waals surface area contributed by atoms with Gasteiger partial charge in [0, 0.05) is 0 Å². The van der Waals surface area contributed by atoms with Gasteiger partial charge in [0.05, 0.1) is 19.1 Å². The van der Waals surface area contributed by atoms with Crippen molar-refractivity contribution in [1.82, 2.24) is 5.01 Å². The van der Waals surface area contributed by atoms with Crippen LogP contribution in [0.4, 0.5) is 0 Å². The van der Waals surface area contributed by atoms with Crippen molar-refractivity contribution in [2.45, 2.75) is 0 Å². The zero-order chi connectivity index (χ0) is 12.3. The summed E-state index contributed by atoms with van der Waals surface area (Å²) in [6.45, 7) is 0. The van der Waals surface area contributed by atoms with E-state index in [1.54, 1.807) is 13.3 Å². The topological polar surface area (TPSA) is 41.9 Å². The number of nitrogens with zero attached hydrogens (tertiary/aromatic N) is 2. The third-order valence-corrected chi connectivity index (χ3v) is 3.50. The molecule has 1 aromatic rings. The summed E-state index contributed by atoms with van der Waals surface area (Å²) >= 11 is 6.34. The van der Waals surface area contributed by atoms with Crippen molar-refractivity contribution in [1.29, 1.82) is 0 Å². The normalized spacial score (nSPS) is 15.9. The molecule has 0 radical (unpaired) electrons. The van der Waals surface area contributed by atoms with E-state index in [9.17, 15) is 4.79 Å². The molecule has 1 fully saturated rings. The van der Waals surface area contributed by atoms with Gasteiger partial charge in [-0.2, -0.15) is 10.1 Å². The van der Waals surface area contributed by atoms with Gasteiger partial charge >= 0.3 is 0 Å². The van der Waals surface area contributed by atoms with Crippen molar-refractivity contribution < 1.29 is 9.53 Å². The van der Waals surface area contributed by atoms with Crippen LogP contribution in [0.3, 0.4) is 0 Å². The summed E-state index contributed by atoms with van der Waals surface area (Å²) in [6.07, 6.45) is 1.61. The van der Waals surface area contributed by atoms with Gasteiger partial charge in [0.2, 0.25) is 0 Å². The highest BCUT2D eigenvalue weighted by molar-refractivity contribution is 8.23. The number of carbonyl (C=O) groups excluding carboxylic acids is 1. The maximum absolute atomic E-state index is 11.4. The standard InChI is InChI=1S/C11H10N2O2S2/c1-15-9-4-2-8(3-5-9)6-12-13-10(14)7-17-11(13)16/h2-6H,7H2,1H3/b12-6-. The summed E-state index contributed by atoms with van der Waals surface area (Å²) in [4.78, 5) is 11.4. The summed E-state index contributed by atoms with van der Waals surface area (Å²) in [5.41, 5.74) is 0.887. The van der Waals surface area contributed by atoms with E-state index in [2.05, 4.69) is 5.10 Å². The maximum atomic E-state index is 11.4. The molecule has 0 atom stereocenters. The molecule has 1 aliphatic heterocycles. The number of amides is 1. The third-order valence-electron chi connectivity index (χ3n) is 2.17. The van der Waals surface area contributed by atoms with E-state index in [1.807, 2.05) is 24.3 Å². The van der Waals surface area contributed by atoms with Crippen molar-refractivity contribution in [2.24, 2.45) is 5.10 Å². The Labute approximate surface area is 109 Å². The van der Waals surface area contributed by atoms with E-state index in [-0.39, 0.29) is 5.91 Å². The molecule has 0 aliphatic carbocycles. The molecule has 2 rings (SSSR count). The zero-order valence-corrected chi connectivity index (χ0v) is 10.8. The Morgan fingerprint density at radius 3 is 2.71 bits per heavy atom. The molecule has 0 aromatic heterocycles. The molecule has 88 valence electrons. The first-order chi connectivity index (χ1) is 8.20. The minimum Gasteiger partial charge on any atom is -0.497 e. The molecule has 1 heterocycles. The fourth-order valence-electron chi connectivity index (χ4n) is 1.27. The molecule has 0 saturated carbocycles. The highest BCUT2D eigenvalue weighted by Gasteiger charge is 2.25. The molecule has 17 heavy (non-hydrogen) atoms.